The largest absolute Gasteiger partial charge is 0.721 e. The Morgan fingerprint density at radius 3 is 2.53 bits per heavy atom. The van der Waals surface area contributed by atoms with Crippen molar-refractivity contribution in [3.05, 3.63) is 61.7 Å². The molecule has 0 spiro atoms. The number of hydrogen-bond donors (Lipinski definition) is 1. The SMILES string of the molecule is [CH2-][OH+]c1cc(-c2ccccc2)nc2ccc(N)cc12. The summed E-state index contributed by atoms with van der Waals surface area (Å²) < 4.78 is 4.08. The van der Waals surface area contributed by atoms with Crippen LogP contribution in [0, 0.1) is 7.11 Å². The zero-order valence-electron chi connectivity index (χ0n) is 10.4. The number of hydrogen-bond acceptors (Lipinski definition) is 2. The second kappa shape index (κ2) is 4.61. The maximum atomic E-state index is 5.81. The highest BCUT2D eigenvalue weighted by Crippen LogP contribution is 2.31. The molecule has 0 atom stereocenters. The van der Waals surface area contributed by atoms with Crippen LogP contribution in [0.4, 0.5) is 5.69 Å². The molecule has 0 bridgehead atoms. The van der Waals surface area contributed by atoms with Gasteiger partial charge in [0.05, 0.1) is 22.7 Å². The van der Waals surface area contributed by atoms with Gasteiger partial charge in [-0.1, -0.05) is 30.3 Å². The molecule has 0 saturated heterocycles. The Kier molecular flexibility index (Phi) is 2.80. The number of ether oxygens (including phenoxy) is 1. The molecule has 1 aromatic heterocycles. The molecule has 0 saturated carbocycles. The first-order valence-corrected chi connectivity index (χ1v) is 6.00. The van der Waals surface area contributed by atoms with E-state index in [0.717, 1.165) is 27.9 Å². The number of benzene rings is 2. The minimum Gasteiger partial charge on any atom is -0.721 e. The van der Waals surface area contributed by atoms with Gasteiger partial charge in [-0.05, 0) is 25.3 Å². The van der Waals surface area contributed by atoms with Gasteiger partial charge in [-0.15, -0.1) is 0 Å². The van der Waals surface area contributed by atoms with Gasteiger partial charge in [-0.25, -0.2) is 4.98 Å². The summed E-state index contributed by atoms with van der Waals surface area (Å²) in [4.78, 5) is 4.65. The molecule has 3 N–H and O–H groups in total. The molecule has 0 radical (unpaired) electrons. The highest BCUT2D eigenvalue weighted by molar-refractivity contribution is 5.90. The van der Waals surface area contributed by atoms with Gasteiger partial charge in [0.1, 0.15) is 0 Å². The van der Waals surface area contributed by atoms with Crippen LogP contribution in [0.2, 0.25) is 0 Å². The maximum Gasteiger partial charge on any atom is 0.237 e. The fraction of sp³-hybridized carbons (Fsp3) is 0. The highest BCUT2D eigenvalue weighted by atomic mass is 16.5. The van der Waals surface area contributed by atoms with Crippen molar-refractivity contribution < 1.29 is 4.74 Å². The number of fused-ring (bicyclic) bond motifs is 1. The van der Waals surface area contributed by atoms with E-state index in [9.17, 15) is 0 Å². The van der Waals surface area contributed by atoms with Crippen LogP contribution < -0.4 is 5.73 Å². The van der Waals surface area contributed by atoms with E-state index < -0.39 is 0 Å². The van der Waals surface area contributed by atoms with Crippen LogP contribution in [-0.4, -0.2) is 9.72 Å². The fourth-order valence-electron chi connectivity index (χ4n) is 2.11. The molecule has 19 heavy (non-hydrogen) atoms. The van der Waals surface area contributed by atoms with Gasteiger partial charge in [0.25, 0.3) is 0 Å². The molecule has 0 amide bonds. The van der Waals surface area contributed by atoms with Crippen LogP contribution in [0.5, 0.6) is 5.75 Å². The van der Waals surface area contributed by atoms with Gasteiger partial charge in [0, 0.05) is 11.3 Å². The van der Waals surface area contributed by atoms with Crippen LogP contribution in [0.15, 0.2) is 54.6 Å². The summed E-state index contributed by atoms with van der Waals surface area (Å²) in [5.41, 5.74) is 9.33. The predicted octanol–water partition coefficient (Wildman–Crippen LogP) is 3.52. The summed E-state index contributed by atoms with van der Waals surface area (Å²) in [6.45, 7) is 0. The molecule has 1 heterocycles. The second-order valence-corrected chi connectivity index (χ2v) is 4.33. The quantitative estimate of drug-likeness (QED) is 0.430. The zero-order chi connectivity index (χ0) is 13.2. The Bertz CT molecular complexity index is 723. The molecule has 94 valence electrons. The van der Waals surface area contributed by atoms with E-state index in [-0.39, 0.29) is 0 Å². The summed E-state index contributed by atoms with van der Waals surface area (Å²) in [5.74, 6) is 0.802. The molecule has 3 heteroatoms. The summed E-state index contributed by atoms with van der Waals surface area (Å²) in [5, 5.41) is 0.926. The summed E-state index contributed by atoms with van der Waals surface area (Å²) >= 11 is 0. The van der Waals surface area contributed by atoms with Gasteiger partial charge in [0.15, 0.2) is 0 Å². The van der Waals surface area contributed by atoms with Crippen molar-refractivity contribution in [2.45, 2.75) is 0 Å². The lowest BCUT2D eigenvalue weighted by molar-refractivity contribution is 0.190. The topological polar surface area (TPSA) is 51.7 Å². The van der Waals surface area contributed by atoms with Crippen LogP contribution in [0.1, 0.15) is 0 Å². The van der Waals surface area contributed by atoms with Gasteiger partial charge in [-0.2, -0.15) is 0 Å². The lowest BCUT2D eigenvalue weighted by Gasteiger charge is -2.10. The fourth-order valence-corrected chi connectivity index (χ4v) is 2.11. The van der Waals surface area contributed by atoms with Crippen LogP contribution in [0.25, 0.3) is 22.2 Å². The van der Waals surface area contributed by atoms with Crippen molar-refractivity contribution >= 4 is 16.6 Å². The van der Waals surface area contributed by atoms with E-state index in [2.05, 4.69) is 16.8 Å². The second-order valence-electron chi connectivity index (χ2n) is 4.33. The smallest absolute Gasteiger partial charge is 0.237 e. The Labute approximate surface area is 111 Å². The number of rotatable bonds is 2. The van der Waals surface area contributed by atoms with Crippen LogP contribution >= 0.6 is 0 Å². The first kappa shape index (κ1) is 11.5. The minimum atomic E-state index is 0.701. The molecule has 0 unspecified atom stereocenters. The normalized spacial score (nSPS) is 10.6. The van der Waals surface area contributed by atoms with E-state index in [0.29, 0.717) is 5.69 Å². The van der Waals surface area contributed by atoms with E-state index >= 15 is 0 Å². The van der Waals surface area contributed by atoms with Crippen molar-refractivity contribution in [1.82, 2.24) is 4.98 Å². The molecule has 0 fully saturated rings. The van der Waals surface area contributed by atoms with Crippen molar-refractivity contribution in [1.29, 1.82) is 0 Å². The highest BCUT2D eigenvalue weighted by Gasteiger charge is 2.10. The van der Waals surface area contributed by atoms with Gasteiger partial charge >= 0.3 is 0 Å². The van der Waals surface area contributed by atoms with Crippen molar-refractivity contribution in [3.63, 3.8) is 0 Å². The predicted molar refractivity (Wildman–Crippen MR) is 78.6 cm³/mol. The maximum absolute atomic E-state index is 5.81. The summed E-state index contributed by atoms with van der Waals surface area (Å²) in [6.07, 6.45) is 0. The molecular weight excluding hydrogens is 236 g/mol. The molecule has 0 aliphatic carbocycles. The number of nitrogens with zero attached hydrogens (tertiary/aromatic N) is 1. The van der Waals surface area contributed by atoms with Crippen molar-refractivity contribution in [3.8, 4) is 17.0 Å². The first-order chi connectivity index (χ1) is 9.28. The van der Waals surface area contributed by atoms with Crippen molar-refractivity contribution in [2.75, 3.05) is 5.73 Å². The number of anilines is 1. The lowest BCUT2D eigenvalue weighted by Crippen LogP contribution is -1.90. The van der Waals surface area contributed by atoms with Crippen LogP contribution in [-0.2, 0) is 0 Å². The average molecular weight is 250 g/mol. The molecule has 3 rings (SSSR count). The number of aromatic nitrogens is 1. The number of aliphatic hydroxyl groups is 1. The molecular formula is C16H14N2O. The molecule has 3 nitrogen and oxygen atoms in total. The third kappa shape index (κ3) is 2.10. The van der Waals surface area contributed by atoms with Gasteiger partial charge in [0.2, 0.25) is 5.75 Å². The standard InChI is InChI=1S/C16H14N2O/c1-19-16-10-15(11-5-3-2-4-6-11)18-14-8-7-12(17)9-13(14)16/h2-10,19H,1,17H2. The Morgan fingerprint density at radius 1 is 1.00 bits per heavy atom. The number of nitrogen functional groups attached to an aromatic ring is 1. The van der Waals surface area contributed by atoms with E-state index in [1.165, 1.54) is 0 Å². The van der Waals surface area contributed by atoms with E-state index in [1.54, 1.807) is 0 Å². The number of pyridine rings is 1. The molecule has 0 aliphatic heterocycles. The molecule has 2 aromatic carbocycles. The molecule has 0 aliphatic rings. The minimum absolute atomic E-state index is 0.701. The zero-order valence-corrected chi connectivity index (χ0v) is 10.4. The Morgan fingerprint density at radius 2 is 1.79 bits per heavy atom. The Balaban J connectivity index is 2.26. The third-order valence-electron chi connectivity index (χ3n) is 3.05. The van der Waals surface area contributed by atoms with E-state index in [1.807, 2.05) is 54.6 Å². The Hall–Kier alpha value is -2.55. The third-order valence-corrected chi connectivity index (χ3v) is 3.05. The average Bonchev–Trinajstić information content (AvgIpc) is 2.47. The monoisotopic (exact) mass is 250 g/mol. The number of nitrogens with two attached hydrogens (primary N) is 1. The van der Waals surface area contributed by atoms with E-state index in [4.69, 9.17) is 5.73 Å². The summed E-state index contributed by atoms with van der Waals surface area (Å²) in [7, 11) is 3.63. The summed E-state index contributed by atoms with van der Waals surface area (Å²) in [6, 6.07) is 17.6. The molecule has 3 aromatic rings. The first-order valence-electron chi connectivity index (χ1n) is 6.00. The number of aromatic hydroxyl groups is 1. The van der Waals surface area contributed by atoms with Crippen LogP contribution in [0.3, 0.4) is 0 Å². The van der Waals surface area contributed by atoms with Crippen molar-refractivity contribution in [2.24, 2.45) is 0 Å². The van der Waals surface area contributed by atoms with Gasteiger partial charge in [-0.3, -0.25) is 0 Å². The van der Waals surface area contributed by atoms with Gasteiger partial charge < -0.3 is 10.5 Å². The lowest BCUT2D eigenvalue weighted by atomic mass is 10.1.